The van der Waals surface area contributed by atoms with Crippen LogP contribution in [0.1, 0.15) is 37.6 Å². The molecular weight excluding hydrogens is 464 g/mol. The zero-order valence-electron chi connectivity index (χ0n) is 21.5. The summed E-state index contributed by atoms with van der Waals surface area (Å²) in [5.74, 6) is 1.42. The summed E-state index contributed by atoms with van der Waals surface area (Å²) in [5.41, 5.74) is 3.63. The number of hydrogen-bond donors (Lipinski definition) is 0. The summed E-state index contributed by atoms with van der Waals surface area (Å²) in [4.78, 5) is 35.4. The minimum Gasteiger partial charge on any atom is -0.497 e. The molecule has 0 N–H and O–H groups in total. The van der Waals surface area contributed by atoms with E-state index in [0.717, 1.165) is 28.1 Å². The van der Waals surface area contributed by atoms with Crippen molar-refractivity contribution in [3.8, 4) is 5.75 Å². The van der Waals surface area contributed by atoms with Gasteiger partial charge in [-0.15, -0.1) is 0 Å². The van der Waals surface area contributed by atoms with Gasteiger partial charge in [-0.05, 0) is 43.7 Å². The predicted octanol–water partition coefficient (Wildman–Crippen LogP) is 5.00. The summed E-state index contributed by atoms with van der Waals surface area (Å²) in [7, 11) is 1.62. The molecular formula is C30H32N4O3. The third-order valence-corrected chi connectivity index (χ3v) is 6.97. The molecule has 1 fully saturated rings. The number of aromatic nitrogens is 2. The number of carbonyl (C=O) groups excluding carboxylic acids is 2. The largest absolute Gasteiger partial charge is 0.497 e. The Hall–Kier alpha value is -4.13. The van der Waals surface area contributed by atoms with E-state index >= 15 is 0 Å². The van der Waals surface area contributed by atoms with Crippen LogP contribution in [0.3, 0.4) is 0 Å². The number of ether oxygens (including phenoxy) is 1. The predicted molar refractivity (Wildman–Crippen MR) is 145 cm³/mol. The van der Waals surface area contributed by atoms with Crippen LogP contribution in [-0.2, 0) is 22.7 Å². The van der Waals surface area contributed by atoms with Gasteiger partial charge < -0.3 is 19.1 Å². The van der Waals surface area contributed by atoms with Gasteiger partial charge in [0.25, 0.3) is 0 Å². The average molecular weight is 497 g/mol. The van der Waals surface area contributed by atoms with Gasteiger partial charge in [-0.1, -0.05) is 48.5 Å². The molecule has 1 atom stereocenters. The van der Waals surface area contributed by atoms with Gasteiger partial charge in [0.05, 0.1) is 18.1 Å². The maximum atomic E-state index is 13.7. The van der Waals surface area contributed by atoms with Crippen LogP contribution in [0.2, 0.25) is 0 Å². The molecule has 1 aromatic heterocycles. The molecule has 2 amide bonds. The van der Waals surface area contributed by atoms with Gasteiger partial charge in [-0.2, -0.15) is 0 Å². The standard InChI is InChI=1S/C30H32N4O3/c1-21(2)32(18-22-10-5-4-6-11-22)29(36)20-34-27-15-8-7-14-26(27)31-30(34)23-16-28(35)33(19-23)24-12-9-13-25(17-24)37-3/h4-15,17,21,23H,16,18-20H2,1-3H3. The van der Waals surface area contributed by atoms with Crippen LogP contribution < -0.4 is 9.64 Å². The molecule has 1 saturated heterocycles. The van der Waals surface area contributed by atoms with Crippen molar-refractivity contribution in [2.75, 3.05) is 18.6 Å². The summed E-state index contributed by atoms with van der Waals surface area (Å²) < 4.78 is 7.36. The Morgan fingerprint density at radius 2 is 1.81 bits per heavy atom. The summed E-state index contributed by atoms with van der Waals surface area (Å²) in [6.45, 7) is 5.29. The fourth-order valence-electron chi connectivity index (χ4n) is 5.05. The van der Waals surface area contributed by atoms with Gasteiger partial charge in [0.15, 0.2) is 0 Å². The quantitative estimate of drug-likeness (QED) is 0.344. The van der Waals surface area contributed by atoms with E-state index in [4.69, 9.17) is 9.72 Å². The summed E-state index contributed by atoms with van der Waals surface area (Å²) >= 11 is 0. The Morgan fingerprint density at radius 1 is 1.05 bits per heavy atom. The summed E-state index contributed by atoms with van der Waals surface area (Å²) in [6.07, 6.45) is 0.340. The van der Waals surface area contributed by atoms with Crippen molar-refractivity contribution in [3.05, 3.63) is 90.3 Å². The molecule has 0 saturated carbocycles. The van der Waals surface area contributed by atoms with Crippen LogP contribution in [0.4, 0.5) is 5.69 Å². The van der Waals surface area contributed by atoms with E-state index in [9.17, 15) is 9.59 Å². The molecule has 0 bridgehead atoms. The Bertz CT molecular complexity index is 1410. The van der Waals surface area contributed by atoms with Crippen LogP contribution in [0.5, 0.6) is 5.75 Å². The number of amides is 2. The number of nitrogens with zero attached hydrogens (tertiary/aromatic N) is 4. The highest BCUT2D eigenvalue weighted by Crippen LogP contribution is 2.34. The topological polar surface area (TPSA) is 67.7 Å². The van der Waals surface area contributed by atoms with Crippen LogP contribution in [-0.4, -0.2) is 46.0 Å². The minimum atomic E-state index is -0.125. The van der Waals surface area contributed by atoms with Crippen molar-refractivity contribution in [3.63, 3.8) is 0 Å². The third kappa shape index (κ3) is 5.07. The summed E-state index contributed by atoms with van der Waals surface area (Å²) in [6, 6.07) is 25.5. The van der Waals surface area contributed by atoms with Crippen molar-refractivity contribution in [2.24, 2.45) is 0 Å². The van der Waals surface area contributed by atoms with Crippen LogP contribution in [0, 0.1) is 0 Å². The first-order valence-corrected chi connectivity index (χ1v) is 12.7. The lowest BCUT2D eigenvalue weighted by atomic mass is 10.1. The number of para-hydroxylation sites is 2. The first kappa shape index (κ1) is 24.6. The summed E-state index contributed by atoms with van der Waals surface area (Å²) in [5, 5.41) is 0. The number of fused-ring (bicyclic) bond motifs is 1. The zero-order valence-corrected chi connectivity index (χ0v) is 21.5. The van der Waals surface area contributed by atoms with Gasteiger partial charge in [0, 0.05) is 43.2 Å². The first-order chi connectivity index (χ1) is 17.9. The minimum absolute atomic E-state index is 0.0252. The van der Waals surface area contributed by atoms with Gasteiger partial charge in [-0.3, -0.25) is 9.59 Å². The molecule has 0 aliphatic carbocycles. The number of benzene rings is 3. The van der Waals surface area contributed by atoms with E-state index < -0.39 is 0 Å². The van der Waals surface area contributed by atoms with Crippen molar-refractivity contribution in [1.82, 2.24) is 14.5 Å². The van der Waals surface area contributed by atoms with Crippen molar-refractivity contribution >= 4 is 28.5 Å². The van der Waals surface area contributed by atoms with Crippen LogP contribution in [0.15, 0.2) is 78.9 Å². The highest BCUT2D eigenvalue weighted by molar-refractivity contribution is 5.96. The molecule has 1 unspecified atom stereocenters. The molecule has 0 spiro atoms. The Labute approximate surface area is 217 Å². The van der Waals surface area contributed by atoms with Crippen LogP contribution >= 0.6 is 0 Å². The number of imidazole rings is 1. The second-order valence-electron chi connectivity index (χ2n) is 9.75. The smallest absolute Gasteiger partial charge is 0.243 e. The molecule has 2 heterocycles. The second-order valence-corrected chi connectivity index (χ2v) is 9.75. The SMILES string of the molecule is COc1cccc(N2CC(c3nc4ccccc4n3CC(=O)N(Cc3ccccc3)C(C)C)CC2=O)c1. The first-order valence-electron chi connectivity index (χ1n) is 12.7. The highest BCUT2D eigenvalue weighted by Gasteiger charge is 2.35. The normalized spacial score (nSPS) is 15.5. The second kappa shape index (κ2) is 10.5. The number of carbonyl (C=O) groups is 2. The fourth-order valence-corrected chi connectivity index (χ4v) is 5.05. The van der Waals surface area contributed by atoms with Crippen molar-refractivity contribution < 1.29 is 14.3 Å². The third-order valence-electron chi connectivity index (χ3n) is 6.97. The molecule has 7 nitrogen and oxygen atoms in total. The van der Waals surface area contributed by atoms with Gasteiger partial charge in [-0.25, -0.2) is 4.98 Å². The fraction of sp³-hybridized carbons (Fsp3) is 0.300. The highest BCUT2D eigenvalue weighted by atomic mass is 16.5. The van der Waals surface area contributed by atoms with Gasteiger partial charge >= 0.3 is 0 Å². The Balaban J connectivity index is 1.45. The molecule has 0 radical (unpaired) electrons. The maximum absolute atomic E-state index is 13.7. The number of methoxy groups -OCH3 is 1. The van der Waals surface area contributed by atoms with E-state index in [1.807, 2.05) is 102 Å². The van der Waals surface area contributed by atoms with Gasteiger partial charge in [0.2, 0.25) is 11.8 Å². The molecule has 7 heteroatoms. The molecule has 190 valence electrons. The van der Waals surface area contributed by atoms with Gasteiger partial charge in [0.1, 0.15) is 18.1 Å². The van der Waals surface area contributed by atoms with E-state index in [0.29, 0.717) is 25.3 Å². The Morgan fingerprint density at radius 3 is 2.57 bits per heavy atom. The monoisotopic (exact) mass is 496 g/mol. The number of rotatable bonds is 8. The lowest BCUT2D eigenvalue weighted by Crippen LogP contribution is -2.39. The average Bonchev–Trinajstić information content (AvgIpc) is 3.48. The number of hydrogen-bond acceptors (Lipinski definition) is 4. The molecule has 1 aliphatic heterocycles. The van der Waals surface area contributed by atoms with Crippen LogP contribution in [0.25, 0.3) is 11.0 Å². The maximum Gasteiger partial charge on any atom is 0.243 e. The van der Waals surface area contributed by atoms with Crippen molar-refractivity contribution in [2.45, 2.75) is 45.3 Å². The zero-order chi connectivity index (χ0) is 25.9. The molecule has 4 aromatic rings. The molecule has 5 rings (SSSR count). The molecule has 3 aromatic carbocycles. The lowest BCUT2D eigenvalue weighted by molar-refractivity contribution is -0.134. The van der Waals surface area contributed by atoms with E-state index in [1.165, 1.54) is 0 Å². The van der Waals surface area contributed by atoms with E-state index in [2.05, 4.69) is 0 Å². The van der Waals surface area contributed by atoms with E-state index in [1.54, 1.807) is 12.0 Å². The molecule has 1 aliphatic rings. The lowest BCUT2D eigenvalue weighted by Gasteiger charge is -2.28. The van der Waals surface area contributed by atoms with E-state index in [-0.39, 0.29) is 30.3 Å². The molecule has 37 heavy (non-hydrogen) atoms. The number of anilines is 1. The Kier molecular flexibility index (Phi) is 6.95. The van der Waals surface area contributed by atoms with Crippen molar-refractivity contribution in [1.29, 1.82) is 0 Å².